The summed E-state index contributed by atoms with van der Waals surface area (Å²) >= 11 is 7.87. The lowest BCUT2D eigenvalue weighted by Crippen LogP contribution is -2.16. The molecular weight excluding hydrogens is 350 g/mol. The van der Waals surface area contributed by atoms with Crippen LogP contribution in [0.25, 0.3) is 0 Å². The molecule has 0 radical (unpaired) electrons. The Balaban J connectivity index is 2.36. The topological polar surface area (TPSA) is 64.9 Å². The highest BCUT2D eigenvalue weighted by atomic mass is 79.9. The van der Waals surface area contributed by atoms with E-state index in [9.17, 15) is 13.2 Å². The van der Waals surface area contributed by atoms with E-state index in [-0.39, 0.29) is 11.4 Å². The zero-order valence-corrected chi connectivity index (χ0v) is 11.4. The number of hydrogen-bond donors (Lipinski definition) is 1. The first-order valence-electron chi connectivity index (χ1n) is 4.90. The van der Waals surface area contributed by atoms with E-state index in [1.807, 2.05) is 0 Å². The molecule has 0 aliphatic rings. The van der Waals surface area contributed by atoms with Crippen LogP contribution in [0.2, 0.25) is 0 Å². The molecule has 0 saturated heterocycles. The lowest BCUT2D eigenvalue weighted by Gasteiger charge is -2.09. The standard InChI is InChI=1S/C10H6BrClF3N3O/c11-4-1-2-6(13)5(3-4)7(16)8-17-9(19-18-8)10(12,14)15/h1-3,7H,16H2. The summed E-state index contributed by atoms with van der Waals surface area (Å²) in [6.45, 7) is 0. The third-order valence-electron chi connectivity index (χ3n) is 2.26. The number of benzene rings is 1. The van der Waals surface area contributed by atoms with Crippen LogP contribution in [-0.2, 0) is 5.38 Å². The average molecular weight is 357 g/mol. The quantitative estimate of drug-likeness (QED) is 0.857. The van der Waals surface area contributed by atoms with Gasteiger partial charge in [-0.1, -0.05) is 21.1 Å². The van der Waals surface area contributed by atoms with E-state index in [0.717, 1.165) is 0 Å². The zero-order valence-electron chi connectivity index (χ0n) is 9.08. The van der Waals surface area contributed by atoms with Gasteiger partial charge in [0, 0.05) is 10.0 Å². The van der Waals surface area contributed by atoms with E-state index < -0.39 is 23.1 Å². The summed E-state index contributed by atoms with van der Waals surface area (Å²) < 4.78 is 43.9. The van der Waals surface area contributed by atoms with Crippen LogP contribution in [0.15, 0.2) is 27.2 Å². The van der Waals surface area contributed by atoms with Crippen molar-refractivity contribution in [2.24, 2.45) is 5.73 Å². The van der Waals surface area contributed by atoms with Gasteiger partial charge in [0.2, 0.25) is 0 Å². The second-order valence-electron chi connectivity index (χ2n) is 3.60. The molecule has 4 nitrogen and oxygen atoms in total. The number of alkyl halides is 3. The van der Waals surface area contributed by atoms with E-state index in [2.05, 4.69) is 30.6 Å². The molecule has 1 atom stereocenters. The van der Waals surface area contributed by atoms with Gasteiger partial charge >= 0.3 is 11.3 Å². The third kappa shape index (κ3) is 3.07. The first-order valence-corrected chi connectivity index (χ1v) is 6.07. The molecule has 0 spiro atoms. The molecule has 2 aromatic rings. The van der Waals surface area contributed by atoms with E-state index in [1.54, 1.807) is 0 Å². The van der Waals surface area contributed by atoms with Crippen LogP contribution < -0.4 is 5.73 Å². The summed E-state index contributed by atoms with van der Waals surface area (Å²) in [5.74, 6) is -1.98. The molecule has 0 fully saturated rings. The minimum Gasteiger partial charge on any atom is -0.331 e. The van der Waals surface area contributed by atoms with E-state index in [4.69, 9.17) is 17.3 Å². The first kappa shape index (κ1) is 14.3. The largest absolute Gasteiger partial charge is 0.400 e. The molecule has 0 aliphatic heterocycles. The van der Waals surface area contributed by atoms with Gasteiger partial charge in [-0.2, -0.15) is 13.8 Å². The maximum Gasteiger partial charge on any atom is 0.400 e. The SMILES string of the molecule is NC(c1noc(C(F)(F)Cl)n1)c1cc(Br)ccc1F. The molecule has 9 heteroatoms. The van der Waals surface area contributed by atoms with Crippen LogP contribution in [0.3, 0.4) is 0 Å². The summed E-state index contributed by atoms with van der Waals surface area (Å²) in [7, 11) is 0. The van der Waals surface area contributed by atoms with Gasteiger partial charge in [0.15, 0.2) is 5.82 Å². The van der Waals surface area contributed by atoms with Crippen LogP contribution in [0.5, 0.6) is 0 Å². The van der Waals surface area contributed by atoms with Crippen LogP contribution in [0.1, 0.15) is 23.3 Å². The molecule has 2 rings (SSSR count). The molecule has 1 aromatic heterocycles. The molecule has 1 unspecified atom stereocenters. The smallest absolute Gasteiger partial charge is 0.331 e. The molecule has 1 aromatic carbocycles. The van der Waals surface area contributed by atoms with Crippen molar-refractivity contribution in [2.75, 3.05) is 0 Å². The van der Waals surface area contributed by atoms with Crippen LogP contribution in [0, 0.1) is 5.82 Å². The first-order chi connectivity index (χ1) is 8.79. The second kappa shape index (κ2) is 5.10. The van der Waals surface area contributed by atoms with Crippen molar-refractivity contribution in [1.29, 1.82) is 0 Å². The summed E-state index contributed by atoms with van der Waals surface area (Å²) in [5, 5.41) is -0.519. The highest BCUT2D eigenvalue weighted by Gasteiger charge is 2.36. The zero-order chi connectivity index (χ0) is 14.2. The maximum absolute atomic E-state index is 13.6. The lowest BCUT2D eigenvalue weighted by molar-refractivity contribution is 0.0550. The van der Waals surface area contributed by atoms with Crippen molar-refractivity contribution in [1.82, 2.24) is 10.1 Å². The van der Waals surface area contributed by atoms with Crippen LogP contribution >= 0.6 is 27.5 Å². The Bertz CT molecular complexity index is 602. The van der Waals surface area contributed by atoms with Gasteiger partial charge in [0.1, 0.15) is 5.82 Å². The van der Waals surface area contributed by atoms with Gasteiger partial charge in [-0.3, -0.25) is 0 Å². The average Bonchev–Trinajstić information content (AvgIpc) is 2.80. The molecule has 0 saturated carbocycles. The van der Waals surface area contributed by atoms with Crippen molar-refractivity contribution in [2.45, 2.75) is 11.4 Å². The number of nitrogens with two attached hydrogens (primary N) is 1. The van der Waals surface area contributed by atoms with Crippen LogP contribution in [0.4, 0.5) is 13.2 Å². The van der Waals surface area contributed by atoms with Crippen molar-refractivity contribution >= 4 is 27.5 Å². The monoisotopic (exact) mass is 355 g/mol. The number of aromatic nitrogens is 2. The fraction of sp³-hybridized carbons (Fsp3) is 0.200. The maximum atomic E-state index is 13.6. The minimum absolute atomic E-state index is 0.0413. The summed E-state index contributed by atoms with van der Waals surface area (Å²) in [6.07, 6.45) is 0. The molecular formula is C10H6BrClF3N3O. The molecule has 0 bridgehead atoms. The third-order valence-corrected chi connectivity index (χ3v) is 2.91. The predicted octanol–water partition coefficient (Wildman–Crippen LogP) is 3.31. The minimum atomic E-state index is -3.79. The Morgan fingerprint density at radius 2 is 2.11 bits per heavy atom. The van der Waals surface area contributed by atoms with Crippen molar-refractivity contribution in [3.8, 4) is 0 Å². The molecule has 2 N–H and O–H groups in total. The Hall–Kier alpha value is -1.12. The molecule has 0 amide bonds. The van der Waals surface area contributed by atoms with E-state index in [1.165, 1.54) is 18.2 Å². The number of nitrogens with zero attached hydrogens (tertiary/aromatic N) is 2. The second-order valence-corrected chi connectivity index (χ2v) is 4.99. The van der Waals surface area contributed by atoms with Gasteiger partial charge in [0.05, 0.1) is 6.04 Å². The highest BCUT2D eigenvalue weighted by Crippen LogP contribution is 2.32. The van der Waals surface area contributed by atoms with Crippen molar-refractivity contribution in [3.63, 3.8) is 0 Å². The Labute approximate surface area is 118 Å². The van der Waals surface area contributed by atoms with Gasteiger partial charge < -0.3 is 10.3 Å². The summed E-state index contributed by atoms with van der Waals surface area (Å²) in [4.78, 5) is 3.36. The van der Waals surface area contributed by atoms with E-state index >= 15 is 0 Å². The summed E-state index contributed by atoms with van der Waals surface area (Å²) in [6, 6.07) is 2.90. The fourth-order valence-corrected chi connectivity index (χ4v) is 1.82. The molecule has 1 heterocycles. The van der Waals surface area contributed by atoms with Gasteiger partial charge in [-0.05, 0) is 29.8 Å². The molecule has 102 valence electrons. The molecule has 0 aliphatic carbocycles. The normalized spacial score (nSPS) is 13.6. The number of rotatable bonds is 3. The number of halogens is 5. The van der Waals surface area contributed by atoms with Gasteiger partial charge in [-0.25, -0.2) is 4.39 Å². The summed E-state index contributed by atoms with van der Waals surface area (Å²) in [5.41, 5.74) is 5.75. The van der Waals surface area contributed by atoms with Crippen LogP contribution in [-0.4, -0.2) is 10.1 Å². The molecule has 19 heavy (non-hydrogen) atoms. The Morgan fingerprint density at radius 3 is 2.68 bits per heavy atom. The van der Waals surface area contributed by atoms with E-state index in [0.29, 0.717) is 4.47 Å². The van der Waals surface area contributed by atoms with Gasteiger partial charge in [0.25, 0.3) is 0 Å². The lowest BCUT2D eigenvalue weighted by atomic mass is 10.1. The predicted molar refractivity (Wildman–Crippen MR) is 64.2 cm³/mol. The Kier molecular flexibility index (Phi) is 3.84. The highest BCUT2D eigenvalue weighted by molar-refractivity contribution is 9.10. The Morgan fingerprint density at radius 1 is 1.42 bits per heavy atom. The number of hydrogen-bond acceptors (Lipinski definition) is 4. The van der Waals surface area contributed by atoms with Crippen molar-refractivity contribution < 1.29 is 17.7 Å². The van der Waals surface area contributed by atoms with Crippen molar-refractivity contribution in [3.05, 3.63) is 45.8 Å². The van der Waals surface area contributed by atoms with Gasteiger partial charge in [-0.15, -0.1) is 0 Å². The fourth-order valence-electron chi connectivity index (χ4n) is 1.37.